The van der Waals surface area contributed by atoms with Crippen LogP contribution in [0.1, 0.15) is 0 Å². The normalized spacial score (nSPS) is 10.2. The van der Waals surface area contributed by atoms with E-state index in [2.05, 4.69) is 30.6 Å². The average molecular weight is 191 g/mol. The monoisotopic (exact) mass is 191 g/mol. The van der Waals surface area contributed by atoms with E-state index in [4.69, 9.17) is 0 Å². The topological polar surface area (TPSA) is 19.4 Å². The minimum absolute atomic E-state index is 0.910. The molecule has 1 aromatic heterocycles. The van der Waals surface area contributed by atoms with E-state index in [0.29, 0.717) is 0 Å². The highest BCUT2D eigenvalue weighted by atomic mass is 15.2. The third-order valence-corrected chi connectivity index (χ3v) is 1.95. The molecule has 0 radical (unpaired) electrons. The number of hydrogen-bond donors (Lipinski definition) is 0. The first-order valence-electron chi connectivity index (χ1n) is 4.69. The van der Waals surface area contributed by atoms with Gasteiger partial charge in [-0.05, 0) is 32.4 Å². The van der Waals surface area contributed by atoms with Crippen LogP contribution in [-0.2, 0) is 0 Å². The fraction of sp³-hybridized carbons (Fsp3) is 0.364. The van der Waals surface area contributed by atoms with Gasteiger partial charge in [0.05, 0.1) is 0 Å². The second kappa shape index (κ2) is 5.40. The van der Waals surface area contributed by atoms with Gasteiger partial charge in [0, 0.05) is 19.3 Å². The summed E-state index contributed by atoms with van der Waals surface area (Å²) in [6, 6.07) is 5.88. The van der Waals surface area contributed by atoms with Crippen LogP contribution >= 0.6 is 0 Å². The maximum Gasteiger partial charge on any atom is 0.132 e. The van der Waals surface area contributed by atoms with Crippen molar-refractivity contribution in [2.45, 2.75) is 0 Å². The molecule has 1 aromatic rings. The summed E-state index contributed by atoms with van der Waals surface area (Å²) in [6.45, 7) is 5.68. The maximum atomic E-state index is 4.26. The van der Waals surface area contributed by atoms with E-state index in [9.17, 15) is 0 Å². The molecule has 0 atom stereocenters. The SMILES string of the molecule is C=CN(CCN(C)C)c1ccccn1. The van der Waals surface area contributed by atoms with E-state index >= 15 is 0 Å². The van der Waals surface area contributed by atoms with Crippen LogP contribution in [0.5, 0.6) is 0 Å². The summed E-state index contributed by atoms with van der Waals surface area (Å²) < 4.78 is 0. The summed E-state index contributed by atoms with van der Waals surface area (Å²) in [5.74, 6) is 0.948. The molecule has 0 saturated carbocycles. The van der Waals surface area contributed by atoms with Gasteiger partial charge in [0.15, 0.2) is 0 Å². The number of hydrogen-bond acceptors (Lipinski definition) is 3. The number of rotatable bonds is 5. The quantitative estimate of drug-likeness (QED) is 0.704. The van der Waals surface area contributed by atoms with E-state index in [1.54, 1.807) is 6.20 Å². The van der Waals surface area contributed by atoms with Gasteiger partial charge in [-0.2, -0.15) is 0 Å². The van der Waals surface area contributed by atoms with Gasteiger partial charge in [-0.3, -0.25) is 0 Å². The van der Waals surface area contributed by atoms with Crippen molar-refractivity contribution >= 4 is 5.82 Å². The lowest BCUT2D eigenvalue weighted by atomic mass is 10.4. The average Bonchev–Trinajstić information content (AvgIpc) is 2.20. The van der Waals surface area contributed by atoms with Gasteiger partial charge in [0.25, 0.3) is 0 Å². The summed E-state index contributed by atoms with van der Waals surface area (Å²) in [6.07, 6.45) is 3.60. The van der Waals surface area contributed by atoms with Gasteiger partial charge in [-0.15, -0.1) is 0 Å². The lowest BCUT2D eigenvalue weighted by Crippen LogP contribution is -2.28. The van der Waals surface area contributed by atoms with Crippen LogP contribution in [0.25, 0.3) is 0 Å². The first kappa shape index (κ1) is 10.7. The Bertz CT molecular complexity index is 269. The van der Waals surface area contributed by atoms with Crippen LogP contribution in [0.15, 0.2) is 37.2 Å². The number of nitrogens with zero attached hydrogens (tertiary/aromatic N) is 3. The van der Waals surface area contributed by atoms with E-state index in [-0.39, 0.29) is 0 Å². The van der Waals surface area contributed by atoms with E-state index in [0.717, 1.165) is 18.9 Å². The van der Waals surface area contributed by atoms with Crippen molar-refractivity contribution < 1.29 is 0 Å². The standard InChI is InChI=1S/C11H17N3/c1-4-14(10-9-13(2)3)11-7-5-6-8-12-11/h4-8H,1,9-10H2,2-3H3. The molecule has 0 N–H and O–H groups in total. The summed E-state index contributed by atoms with van der Waals surface area (Å²) >= 11 is 0. The number of likely N-dealkylation sites (N-methyl/N-ethyl adjacent to an activating group) is 1. The second-order valence-corrected chi connectivity index (χ2v) is 3.37. The summed E-state index contributed by atoms with van der Waals surface area (Å²) in [4.78, 5) is 8.44. The third-order valence-electron chi connectivity index (χ3n) is 1.95. The Balaban J connectivity index is 2.59. The maximum absolute atomic E-state index is 4.26. The largest absolute Gasteiger partial charge is 0.332 e. The molecule has 76 valence electrons. The number of pyridine rings is 1. The Morgan fingerprint density at radius 1 is 1.36 bits per heavy atom. The number of aromatic nitrogens is 1. The molecule has 0 fully saturated rings. The van der Waals surface area contributed by atoms with Crippen molar-refractivity contribution in [1.29, 1.82) is 0 Å². The van der Waals surface area contributed by atoms with Crippen LogP contribution in [-0.4, -0.2) is 37.1 Å². The molecule has 0 aliphatic rings. The molecule has 0 saturated heterocycles. The zero-order valence-corrected chi connectivity index (χ0v) is 8.85. The van der Waals surface area contributed by atoms with Crippen LogP contribution < -0.4 is 4.90 Å². The van der Waals surface area contributed by atoms with Gasteiger partial charge in [0.1, 0.15) is 5.82 Å². The van der Waals surface area contributed by atoms with Crippen molar-refractivity contribution in [3.63, 3.8) is 0 Å². The second-order valence-electron chi connectivity index (χ2n) is 3.37. The van der Waals surface area contributed by atoms with E-state index in [1.165, 1.54) is 0 Å². The molecule has 0 spiro atoms. The number of anilines is 1. The highest BCUT2D eigenvalue weighted by Gasteiger charge is 2.02. The Hall–Kier alpha value is -1.35. The smallest absolute Gasteiger partial charge is 0.132 e. The third kappa shape index (κ3) is 3.18. The van der Waals surface area contributed by atoms with Crippen LogP contribution in [0.2, 0.25) is 0 Å². The Kier molecular flexibility index (Phi) is 4.13. The molecular formula is C11H17N3. The minimum atomic E-state index is 0.910. The lowest BCUT2D eigenvalue weighted by molar-refractivity contribution is 0.418. The van der Waals surface area contributed by atoms with Crippen molar-refractivity contribution in [2.24, 2.45) is 0 Å². The van der Waals surface area contributed by atoms with Gasteiger partial charge >= 0.3 is 0 Å². The first-order valence-corrected chi connectivity index (χ1v) is 4.69. The Morgan fingerprint density at radius 3 is 2.64 bits per heavy atom. The van der Waals surface area contributed by atoms with Crippen LogP contribution in [0.3, 0.4) is 0 Å². The Labute approximate surface area is 85.7 Å². The first-order chi connectivity index (χ1) is 6.74. The van der Waals surface area contributed by atoms with Crippen LogP contribution in [0, 0.1) is 0 Å². The van der Waals surface area contributed by atoms with Crippen molar-refractivity contribution in [2.75, 3.05) is 32.1 Å². The highest BCUT2D eigenvalue weighted by Crippen LogP contribution is 2.08. The molecule has 0 aliphatic carbocycles. The van der Waals surface area contributed by atoms with Crippen molar-refractivity contribution in [3.05, 3.63) is 37.2 Å². The predicted octanol–water partition coefficient (Wildman–Crippen LogP) is 1.59. The molecule has 3 nitrogen and oxygen atoms in total. The fourth-order valence-electron chi connectivity index (χ4n) is 1.13. The fourth-order valence-corrected chi connectivity index (χ4v) is 1.13. The van der Waals surface area contributed by atoms with Crippen molar-refractivity contribution in [1.82, 2.24) is 9.88 Å². The van der Waals surface area contributed by atoms with E-state index < -0.39 is 0 Å². The molecule has 0 amide bonds. The van der Waals surface area contributed by atoms with Gasteiger partial charge < -0.3 is 9.80 Å². The Morgan fingerprint density at radius 2 is 2.14 bits per heavy atom. The molecule has 14 heavy (non-hydrogen) atoms. The molecular weight excluding hydrogens is 174 g/mol. The summed E-state index contributed by atoms with van der Waals surface area (Å²) in [5, 5.41) is 0. The van der Waals surface area contributed by atoms with Gasteiger partial charge in [0.2, 0.25) is 0 Å². The molecule has 0 unspecified atom stereocenters. The lowest BCUT2D eigenvalue weighted by Gasteiger charge is -2.20. The summed E-state index contributed by atoms with van der Waals surface area (Å²) in [7, 11) is 4.11. The predicted molar refractivity (Wildman–Crippen MR) is 60.3 cm³/mol. The van der Waals surface area contributed by atoms with E-state index in [1.807, 2.05) is 29.3 Å². The zero-order chi connectivity index (χ0) is 10.4. The summed E-state index contributed by atoms with van der Waals surface area (Å²) in [5.41, 5.74) is 0. The van der Waals surface area contributed by atoms with Gasteiger partial charge in [-0.25, -0.2) is 4.98 Å². The van der Waals surface area contributed by atoms with Crippen LogP contribution in [0.4, 0.5) is 5.82 Å². The molecule has 0 bridgehead atoms. The molecule has 1 rings (SSSR count). The molecule has 0 aromatic carbocycles. The highest BCUT2D eigenvalue weighted by molar-refractivity contribution is 5.40. The van der Waals surface area contributed by atoms with Crippen molar-refractivity contribution in [3.8, 4) is 0 Å². The molecule has 0 aliphatic heterocycles. The minimum Gasteiger partial charge on any atom is -0.332 e. The zero-order valence-electron chi connectivity index (χ0n) is 8.85. The molecule has 1 heterocycles. The molecule has 3 heteroatoms. The van der Waals surface area contributed by atoms with Gasteiger partial charge in [-0.1, -0.05) is 12.6 Å².